The first-order valence-corrected chi connectivity index (χ1v) is 14.7. The minimum absolute atomic E-state index is 0.124. The quantitative estimate of drug-likeness (QED) is 0.491. The second kappa shape index (κ2) is 12.1. The molecule has 0 radical (unpaired) electrons. The zero-order chi connectivity index (χ0) is 27.5. The van der Waals surface area contributed by atoms with Crippen molar-refractivity contribution in [1.29, 1.82) is 0 Å². The molecule has 2 N–H and O–H groups in total. The van der Waals surface area contributed by atoms with Crippen LogP contribution in [0.25, 0.3) is 0 Å². The predicted octanol–water partition coefficient (Wildman–Crippen LogP) is 2.08. The van der Waals surface area contributed by atoms with E-state index in [-0.39, 0.29) is 24.1 Å². The van der Waals surface area contributed by atoms with Crippen LogP contribution in [-0.4, -0.2) is 85.5 Å². The molecule has 0 aliphatic carbocycles. The van der Waals surface area contributed by atoms with E-state index in [0.717, 1.165) is 82.9 Å². The number of amides is 3. The maximum Gasteiger partial charge on any atom is 0.255 e. The van der Waals surface area contributed by atoms with Gasteiger partial charge in [-0.05, 0) is 73.7 Å². The lowest BCUT2D eigenvalue weighted by atomic mass is 10.0. The molecule has 1 unspecified atom stereocenters. The third-order valence-electron chi connectivity index (χ3n) is 8.70. The van der Waals surface area contributed by atoms with Crippen LogP contribution in [0.4, 0.5) is 5.69 Å². The fraction of sp³-hybridized carbons (Fsp3) is 0.516. The molecule has 3 amide bonds. The van der Waals surface area contributed by atoms with Gasteiger partial charge in [0.1, 0.15) is 6.04 Å². The van der Waals surface area contributed by atoms with Crippen molar-refractivity contribution in [3.8, 4) is 0 Å². The summed E-state index contributed by atoms with van der Waals surface area (Å²) in [6.07, 6.45) is 4.24. The van der Waals surface area contributed by atoms with Crippen molar-refractivity contribution in [2.45, 2.75) is 57.3 Å². The van der Waals surface area contributed by atoms with E-state index in [2.05, 4.69) is 50.8 Å². The number of hydrogen-bond acceptors (Lipinski definition) is 7. The molecule has 4 aliphatic rings. The first-order valence-electron chi connectivity index (χ1n) is 14.7. The maximum atomic E-state index is 13.0. The van der Waals surface area contributed by atoms with Crippen LogP contribution in [-0.2, 0) is 33.8 Å². The number of nitrogens with one attached hydrogen (secondary N) is 2. The van der Waals surface area contributed by atoms with Crippen LogP contribution >= 0.6 is 0 Å². The number of ether oxygens (including phenoxy) is 1. The van der Waals surface area contributed by atoms with E-state index in [1.807, 2.05) is 12.1 Å². The molecule has 0 bridgehead atoms. The molecule has 0 aromatic heterocycles. The minimum atomic E-state index is -0.577. The molecule has 2 aromatic rings. The van der Waals surface area contributed by atoms with Crippen molar-refractivity contribution in [2.75, 3.05) is 50.8 Å². The standard InChI is InChI=1S/C31H39N5O4/c37-29-8-7-28(30(38)33-29)36-21-24-19-25(5-6-27(24)31(36)39)35-16-14-34(15-17-35)20-23-3-1-22(2-4-23)11-18-40-26-9-12-32-13-10-26/h1-6,19,26,28,32H,7-18,20-21H2,(H,33,37,38). The Morgan fingerprint density at radius 2 is 1.62 bits per heavy atom. The fourth-order valence-corrected chi connectivity index (χ4v) is 6.30. The van der Waals surface area contributed by atoms with Gasteiger partial charge in [0, 0.05) is 56.9 Å². The Morgan fingerprint density at radius 3 is 2.38 bits per heavy atom. The van der Waals surface area contributed by atoms with Crippen LogP contribution in [0.2, 0.25) is 0 Å². The third kappa shape index (κ3) is 6.06. The van der Waals surface area contributed by atoms with Crippen molar-refractivity contribution < 1.29 is 19.1 Å². The van der Waals surface area contributed by atoms with Gasteiger partial charge in [-0.1, -0.05) is 24.3 Å². The lowest BCUT2D eigenvalue weighted by Crippen LogP contribution is -2.52. The monoisotopic (exact) mass is 545 g/mol. The Bertz CT molecular complexity index is 1230. The molecule has 3 saturated heterocycles. The van der Waals surface area contributed by atoms with Gasteiger partial charge in [0.25, 0.3) is 5.91 Å². The first-order chi connectivity index (χ1) is 19.5. The highest BCUT2D eigenvalue weighted by Crippen LogP contribution is 2.31. The van der Waals surface area contributed by atoms with Crippen LogP contribution in [0, 0.1) is 0 Å². The SMILES string of the molecule is O=C1CCC(N2Cc3cc(N4CCN(Cc5ccc(CCOC6CCNCC6)cc5)CC4)ccc3C2=O)C(=O)N1. The van der Waals surface area contributed by atoms with Crippen LogP contribution in [0.3, 0.4) is 0 Å². The predicted molar refractivity (Wildman–Crippen MR) is 152 cm³/mol. The smallest absolute Gasteiger partial charge is 0.255 e. The molecule has 9 nitrogen and oxygen atoms in total. The summed E-state index contributed by atoms with van der Waals surface area (Å²) in [7, 11) is 0. The van der Waals surface area contributed by atoms with E-state index in [0.29, 0.717) is 24.6 Å². The number of hydrogen-bond donors (Lipinski definition) is 2. The summed E-state index contributed by atoms with van der Waals surface area (Å²) in [4.78, 5) is 43.3. The van der Waals surface area contributed by atoms with E-state index in [9.17, 15) is 14.4 Å². The van der Waals surface area contributed by atoms with Gasteiger partial charge >= 0.3 is 0 Å². The van der Waals surface area contributed by atoms with Crippen LogP contribution < -0.4 is 15.5 Å². The van der Waals surface area contributed by atoms with Gasteiger partial charge in [0.05, 0.1) is 12.7 Å². The summed E-state index contributed by atoms with van der Waals surface area (Å²) in [5.74, 6) is -0.761. The summed E-state index contributed by atoms with van der Waals surface area (Å²) >= 11 is 0. The molecular formula is C31H39N5O4. The number of fused-ring (bicyclic) bond motifs is 1. The number of carbonyl (C=O) groups excluding carboxylic acids is 3. The summed E-state index contributed by atoms with van der Waals surface area (Å²) in [5.41, 5.74) is 5.39. The largest absolute Gasteiger partial charge is 0.378 e. The van der Waals surface area contributed by atoms with Gasteiger partial charge in [0.15, 0.2) is 0 Å². The molecule has 4 aliphatic heterocycles. The van der Waals surface area contributed by atoms with E-state index in [1.165, 1.54) is 11.1 Å². The van der Waals surface area contributed by atoms with Crippen molar-refractivity contribution in [3.05, 3.63) is 64.7 Å². The molecule has 4 heterocycles. The summed E-state index contributed by atoms with van der Waals surface area (Å²) < 4.78 is 6.06. The molecule has 9 heteroatoms. The molecule has 212 valence electrons. The molecule has 0 spiro atoms. The molecule has 1 atom stereocenters. The van der Waals surface area contributed by atoms with E-state index in [4.69, 9.17) is 4.74 Å². The zero-order valence-corrected chi connectivity index (χ0v) is 23.1. The maximum absolute atomic E-state index is 13.0. The fourth-order valence-electron chi connectivity index (χ4n) is 6.30. The molecular weight excluding hydrogens is 506 g/mol. The first kappa shape index (κ1) is 26.9. The van der Waals surface area contributed by atoms with Crippen LogP contribution in [0.15, 0.2) is 42.5 Å². The Kier molecular flexibility index (Phi) is 8.13. The zero-order valence-electron chi connectivity index (χ0n) is 23.1. The summed E-state index contributed by atoms with van der Waals surface area (Å²) in [5, 5.41) is 5.75. The molecule has 3 fully saturated rings. The lowest BCUT2D eigenvalue weighted by Gasteiger charge is -2.36. The average Bonchev–Trinajstić information content (AvgIpc) is 3.30. The molecule has 6 rings (SSSR count). The van der Waals surface area contributed by atoms with Gasteiger partial charge in [0.2, 0.25) is 11.8 Å². The van der Waals surface area contributed by atoms with Gasteiger partial charge in [-0.2, -0.15) is 0 Å². The van der Waals surface area contributed by atoms with Crippen LogP contribution in [0.1, 0.15) is 52.7 Å². The second-order valence-corrected chi connectivity index (χ2v) is 11.4. The van der Waals surface area contributed by atoms with Gasteiger partial charge in [-0.25, -0.2) is 0 Å². The number of imide groups is 1. The van der Waals surface area contributed by atoms with E-state index >= 15 is 0 Å². The minimum Gasteiger partial charge on any atom is -0.378 e. The van der Waals surface area contributed by atoms with Crippen LogP contribution in [0.5, 0.6) is 0 Å². The average molecular weight is 546 g/mol. The Hall–Kier alpha value is -3.27. The Morgan fingerprint density at radius 1 is 0.875 bits per heavy atom. The highest BCUT2D eigenvalue weighted by Gasteiger charge is 2.39. The van der Waals surface area contributed by atoms with Gasteiger partial charge < -0.3 is 19.9 Å². The highest BCUT2D eigenvalue weighted by molar-refractivity contribution is 6.05. The normalized spacial score (nSPS) is 22.5. The number of piperidine rings is 2. The van der Waals surface area contributed by atoms with Crippen molar-refractivity contribution in [2.24, 2.45) is 0 Å². The molecule has 2 aromatic carbocycles. The number of carbonyl (C=O) groups is 3. The summed E-state index contributed by atoms with van der Waals surface area (Å²) in [6.45, 7) is 8.08. The lowest BCUT2D eigenvalue weighted by molar-refractivity contribution is -0.136. The topological polar surface area (TPSA) is 94.2 Å². The van der Waals surface area contributed by atoms with E-state index in [1.54, 1.807) is 4.90 Å². The van der Waals surface area contributed by atoms with Crippen molar-refractivity contribution >= 4 is 23.4 Å². The van der Waals surface area contributed by atoms with Crippen molar-refractivity contribution in [1.82, 2.24) is 20.4 Å². The molecule has 40 heavy (non-hydrogen) atoms. The summed E-state index contributed by atoms with van der Waals surface area (Å²) in [6, 6.07) is 14.4. The number of rotatable bonds is 8. The molecule has 0 saturated carbocycles. The third-order valence-corrected chi connectivity index (χ3v) is 8.70. The van der Waals surface area contributed by atoms with Gasteiger partial charge in [-0.15, -0.1) is 0 Å². The van der Waals surface area contributed by atoms with Crippen molar-refractivity contribution in [3.63, 3.8) is 0 Å². The number of benzene rings is 2. The Labute approximate surface area is 235 Å². The number of anilines is 1. The van der Waals surface area contributed by atoms with Gasteiger partial charge in [-0.3, -0.25) is 24.6 Å². The van der Waals surface area contributed by atoms with E-state index < -0.39 is 6.04 Å². The highest BCUT2D eigenvalue weighted by atomic mass is 16.5. The number of piperazine rings is 1. The number of nitrogens with zero attached hydrogens (tertiary/aromatic N) is 3. The Balaban J connectivity index is 0.975. The second-order valence-electron chi connectivity index (χ2n) is 11.4.